The lowest BCUT2D eigenvalue weighted by Gasteiger charge is -2.32. The Kier molecular flexibility index (Phi) is 6.68. The lowest BCUT2D eigenvalue weighted by atomic mass is 9.72. The van der Waals surface area contributed by atoms with Gasteiger partial charge < -0.3 is 30.3 Å². The van der Waals surface area contributed by atoms with Gasteiger partial charge in [-0.15, -0.1) is 0 Å². The standard InChI is InChI=1S/C19H23BN4O8/c1-3-23-7-8-24(17(27)16(23)26)19(30)21-10(2)15(25)22-13-9-11-5-4-6-12(18(28)29)14(11)32-20(13)31/h4-6,10,13,31H,3,7-9H2,1-2H3,(H,21,30)(H,22,25)(H,28,29)/t10-,13+/m1/s1. The number of imide groups is 1. The second-order valence-corrected chi connectivity index (χ2v) is 7.44. The first-order valence-corrected chi connectivity index (χ1v) is 10.1. The summed E-state index contributed by atoms with van der Waals surface area (Å²) in [5.41, 5.74) is 0.393. The van der Waals surface area contributed by atoms with Crippen molar-refractivity contribution >= 4 is 36.8 Å². The number of benzene rings is 1. The molecule has 2 aliphatic rings. The van der Waals surface area contributed by atoms with Gasteiger partial charge in [-0.25, -0.2) is 9.59 Å². The van der Waals surface area contributed by atoms with E-state index in [1.807, 2.05) is 0 Å². The molecule has 2 atom stereocenters. The lowest BCUT2D eigenvalue weighted by Crippen LogP contribution is -2.61. The quantitative estimate of drug-likeness (QED) is 0.317. The highest BCUT2D eigenvalue weighted by atomic mass is 16.5. The van der Waals surface area contributed by atoms with Crippen molar-refractivity contribution in [2.75, 3.05) is 19.6 Å². The third kappa shape index (κ3) is 4.52. The third-order valence-corrected chi connectivity index (χ3v) is 5.35. The molecule has 5 amide bonds. The number of fused-ring (bicyclic) bond motifs is 1. The maximum atomic E-state index is 12.5. The van der Waals surface area contributed by atoms with Gasteiger partial charge in [0.15, 0.2) is 0 Å². The van der Waals surface area contributed by atoms with Crippen molar-refractivity contribution in [1.82, 2.24) is 20.4 Å². The summed E-state index contributed by atoms with van der Waals surface area (Å²) in [7, 11) is -1.50. The highest BCUT2D eigenvalue weighted by molar-refractivity contribution is 6.47. The summed E-state index contributed by atoms with van der Waals surface area (Å²) in [5, 5.41) is 24.4. The number of nitrogens with one attached hydrogen (secondary N) is 2. The van der Waals surface area contributed by atoms with Gasteiger partial charge in [0.25, 0.3) is 0 Å². The number of nitrogens with zero attached hydrogens (tertiary/aromatic N) is 2. The lowest BCUT2D eigenvalue weighted by molar-refractivity contribution is -0.153. The number of carboxylic acid groups (broad SMARTS) is 1. The summed E-state index contributed by atoms with van der Waals surface area (Å²) in [4.78, 5) is 62.4. The summed E-state index contributed by atoms with van der Waals surface area (Å²) < 4.78 is 5.32. The number of hydrogen-bond acceptors (Lipinski definition) is 7. The SMILES string of the molecule is CCN1CCN(C(=O)N[C@H](C)C(=O)N[C@H]2Cc3cccc(C(=O)O)c3OB2O)C(=O)C1=O. The van der Waals surface area contributed by atoms with Gasteiger partial charge in [0, 0.05) is 19.6 Å². The molecular formula is C19H23BN4O8. The van der Waals surface area contributed by atoms with Gasteiger partial charge in [0.1, 0.15) is 11.8 Å². The Morgan fingerprint density at radius 1 is 1.25 bits per heavy atom. The summed E-state index contributed by atoms with van der Waals surface area (Å²) in [6.07, 6.45) is 0.107. The topological polar surface area (TPSA) is 166 Å². The van der Waals surface area contributed by atoms with Crippen LogP contribution < -0.4 is 15.3 Å². The van der Waals surface area contributed by atoms with Gasteiger partial charge in [-0.1, -0.05) is 12.1 Å². The molecule has 1 fully saturated rings. The second kappa shape index (κ2) is 9.26. The average Bonchev–Trinajstić information content (AvgIpc) is 2.75. The van der Waals surface area contributed by atoms with Crippen LogP contribution in [0.25, 0.3) is 0 Å². The number of aromatic carboxylic acids is 1. The monoisotopic (exact) mass is 446 g/mol. The first kappa shape index (κ1) is 23.1. The second-order valence-electron chi connectivity index (χ2n) is 7.44. The van der Waals surface area contributed by atoms with Crippen LogP contribution in [0.5, 0.6) is 5.75 Å². The molecule has 0 bridgehead atoms. The average molecular weight is 446 g/mol. The summed E-state index contributed by atoms with van der Waals surface area (Å²) >= 11 is 0. The molecule has 4 N–H and O–H groups in total. The molecule has 1 aromatic rings. The molecule has 12 nitrogen and oxygen atoms in total. The molecule has 1 aromatic carbocycles. The van der Waals surface area contributed by atoms with Crippen molar-refractivity contribution in [3.05, 3.63) is 29.3 Å². The normalized spacial score (nSPS) is 19.1. The van der Waals surface area contributed by atoms with Crippen molar-refractivity contribution in [1.29, 1.82) is 0 Å². The number of amides is 5. The Bertz CT molecular complexity index is 971. The highest BCUT2D eigenvalue weighted by Crippen LogP contribution is 2.30. The van der Waals surface area contributed by atoms with Gasteiger partial charge in [0.2, 0.25) is 5.91 Å². The van der Waals surface area contributed by atoms with Crippen LogP contribution in [0.15, 0.2) is 18.2 Å². The Morgan fingerprint density at radius 3 is 2.62 bits per heavy atom. The summed E-state index contributed by atoms with van der Waals surface area (Å²) in [6.45, 7) is 3.67. The number of likely N-dealkylation sites (N-methyl/N-ethyl adjacent to an activating group) is 1. The van der Waals surface area contributed by atoms with Crippen LogP contribution in [-0.2, 0) is 20.8 Å². The van der Waals surface area contributed by atoms with Crippen LogP contribution in [-0.4, -0.2) is 88.4 Å². The van der Waals surface area contributed by atoms with Crippen molar-refractivity contribution < 1.29 is 38.8 Å². The number of carboxylic acids is 1. The van der Waals surface area contributed by atoms with Crippen LogP contribution in [0.2, 0.25) is 0 Å². The van der Waals surface area contributed by atoms with Crippen LogP contribution in [0.4, 0.5) is 4.79 Å². The third-order valence-electron chi connectivity index (χ3n) is 5.35. The minimum absolute atomic E-state index is 0.0104. The Morgan fingerprint density at radius 2 is 1.97 bits per heavy atom. The molecule has 0 spiro atoms. The molecule has 170 valence electrons. The van der Waals surface area contributed by atoms with E-state index in [-0.39, 0.29) is 30.8 Å². The van der Waals surface area contributed by atoms with E-state index < -0.39 is 48.8 Å². The molecule has 0 aromatic heterocycles. The van der Waals surface area contributed by atoms with E-state index in [1.165, 1.54) is 24.0 Å². The van der Waals surface area contributed by atoms with Crippen LogP contribution in [0, 0.1) is 0 Å². The first-order valence-electron chi connectivity index (χ1n) is 10.1. The van der Waals surface area contributed by atoms with Gasteiger partial charge in [-0.3, -0.25) is 19.3 Å². The van der Waals surface area contributed by atoms with Crippen molar-refractivity contribution in [2.45, 2.75) is 32.3 Å². The van der Waals surface area contributed by atoms with E-state index in [1.54, 1.807) is 13.0 Å². The van der Waals surface area contributed by atoms with E-state index in [9.17, 15) is 34.1 Å². The fourth-order valence-electron chi connectivity index (χ4n) is 3.52. The smallest absolute Gasteiger partial charge is 0.534 e. The number of piperazine rings is 1. The molecule has 0 aliphatic carbocycles. The number of urea groups is 1. The summed E-state index contributed by atoms with van der Waals surface area (Å²) in [5.74, 6) is -4.48. The van der Waals surface area contributed by atoms with Crippen molar-refractivity contribution in [2.24, 2.45) is 0 Å². The molecule has 13 heteroatoms. The number of carbonyl (C=O) groups is 5. The maximum Gasteiger partial charge on any atom is 0.547 e. The molecule has 1 saturated heterocycles. The zero-order valence-electron chi connectivity index (χ0n) is 17.5. The molecular weight excluding hydrogens is 423 g/mol. The zero-order chi connectivity index (χ0) is 23.6. The van der Waals surface area contributed by atoms with Crippen LogP contribution >= 0.6 is 0 Å². The van der Waals surface area contributed by atoms with Crippen LogP contribution in [0.1, 0.15) is 29.8 Å². The van der Waals surface area contributed by atoms with E-state index in [4.69, 9.17) is 4.65 Å². The highest BCUT2D eigenvalue weighted by Gasteiger charge is 2.39. The zero-order valence-corrected chi connectivity index (χ0v) is 17.5. The molecule has 0 saturated carbocycles. The Hall–Kier alpha value is -3.61. The Balaban J connectivity index is 1.61. The van der Waals surface area contributed by atoms with E-state index in [0.29, 0.717) is 12.1 Å². The molecule has 3 rings (SSSR count). The predicted octanol–water partition coefficient (Wildman–Crippen LogP) is -1.39. The summed E-state index contributed by atoms with van der Waals surface area (Å²) in [6, 6.07) is 2.53. The molecule has 0 unspecified atom stereocenters. The fourth-order valence-corrected chi connectivity index (χ4v) is 3.52. The van der Waals surface area contributed by atoms with Gasteiger partial charge in [-0.2, -0.15) is 0 Å². The number of carbonyl (C=O) groups excluding carboxylic acids is 4. The van der Waals surface area contributed by atoms with Gasteiger partial charge >= 0.3 is 30.9 Å². The van der Waals surface area contributed by atoms with Gasteiger partial charge in [0.05, 0.1) is 11.5 Å². The minimum atomic E-state index is -1.50. The predicted molar refractivity (Wildman–Crippen MR) is 110 cm³/mol. The number of para-hydroxylation sites is 1. The van der Waals surface area contributed by atoms with Crippen molar-refractivity contribution in [3.63, 3.8) is 0 Å². The van der Waals surface area contributed by atoms with E-state index in [0.717, 1.165) is 4.90 Å². The first-order chi connectivity index (χ1) is 15.1. The van der Waals surface area contributed by atoms with Crippen molar-refractivity contribution in [3.8, 4) is 5.75 Å². The number of hydrogen-bond donors (Lipinski definition) is 4. The molecule has 0 radical (unpaired) electrons. The Labute approximate surface area is 183 Å². The number of rotatable bonds is 5. The largest absolute Gasteiger partial charge is 0.547 e. The molecule has 2 heterocycles. The molecule has 2 aliphatic heterocycles. The minimum Gasteiger partial charge on any atom is -0.534 e. The van der Waals surface area contributed by atoms with E-state index >= 15 is 0 Å². The van der Waals surface area contributed by atoms with E-state index in [2.05, 4.69) is 10.6 Å². The molecule has 32 heavy (non-hydrogen) atoms. The van der Waals surface area contributed by atoms with Crippen LogP contribution in [0.3, 0.4) is 0 Å². The van der Waals surface area contributed by atoms with Gasteiger partial charge in [-0.05, 0) is 31.9 Å². The maximum absolute atomic E-state index is 12.5. The fraction of sp³-hybridized carbons (Fsp3) is 0.421.